The Hall–Kier alpha value is -3.23. The average molecular weight is 455 g/mol. The van der Waals surface area contributed by atoms with Crippen LogP contribution in [0.5, 0.6) is 0 Å². The van der Waals surface area contributed by atoms with E-state index in [2.05, 4.69) is 39.9 Å². The Balaban J connectivity index is 1.33. The second-order valence-corrected chi connectivity index (χ2v) is 7.88. The molecule has 0 fully saturated rings. The smallest absolute Gasteiger partial charge is 0.176 e. The van der Waals surface area contributed by atoms with Gasteiger partial charge in [-0.15, -0.1) is 0 Å². The van der Waals surface area contributed by atoms with Gasteiger partial charge in [-0.2, -0.15) is 10.2 Å². The molecule has 0 radical (unpaired) electrons. The largest absolute Gasteiger partial charge is 0.330 e. The molecule has 6 nitrogen and oxygen atoms in total. The minimum atomic E-state index is -0.366. The summed E-state index contributed by atoms with van der Waals surface area (Å²) in [7, 11) is 0. The third kappa shape index (κ3) is 5.48. The van der Waals surface area contributed by atoms with Crippen molar-refractivity contribution in [1.82, 2.24) is 19.6 Å². The molecule has 2 heterocycles. The number of halogens is 2. The highest BCUT2D eigenvalue weighted by atomic mass is 35.5. The molecule has 158 valence electrons. The molecular formula is C22H20ClFN6S. The standard InChI is InChI=1S/C22H20ClFN6S/c1-15-4-2-3-5-16(15)12-30-14-19(11-25-30)26-22(31)27-21-8-9-29(28-21)13-17-6-7-18(24)10-20(17)23/h2-11,14H,12-13H2,1H3,(H2,26,27,28,31). The number of thiocarbonyl (C=S) groups is 1. The summed E-state index contributed by atoms with van der Waals surface area (Å²) in [5.74, 6) is 0.221. The van der Waals surface area contributed by atoms with E-state index in [1.165, 1.54) is 23.3 Å². The van der Waals surface area contributed by atoms with Crippen LogP contribution in [0.1, 0.15) is 16.7 Å². The molecule has 31 heavy (non-hydrogen) atoms. The zero-order valence-corrected chi connectivity index (χ0v) is 18.3. The van der Waals surface area contributed by atoms with Crippen LogP contribution in [0.2, 0.25) is 5.02 Å². The van der Waals surface area contributed by atoms with Gasteiger partial charge in [-0.25, -0.2) is 4.39 Å². The predicted molar refractivity (Wildman–Crippen MR) is 125 cm³/mol. The lowest BCUT2D eigenvalue weighted by Gasteiger charge is -2.07. The molecule has 0 bridgehead atoms. The third-order valence-corrected chi connectivity index (χ3v) is 5.27. The number of benzene rings is 2. The van der Waals surface area contributed by atoms with Crippen molar-refractivity contribution in [2.24, 2.45) is 0 Å². The summed E-state index contributed by atoms with van der Waals surface area (Å²) in [5.41, 5.74) is 4.00. The third-order valence-electron chi connectivity index (χ3n) is 4.71. The molecule has 0 unspecified atom stereocenters. The fourth-order valence-corrected chi connectivity index (χ4v) is 3.55. The van der Waals surface area contributed by atoms with Gasteiger partial charge in [0.25, 0.3) is 0 Å². The lowest BCUT2D eigenvalue weighted by Crippen LogP contribution is -2.19. The number of aromatic nitrogens is 4. The maximum Gasteiger partial charge on any atom is 0.176 e. The Morgan fingerprint density at radius 2 is 1.87 bits per heavy atom. The van der Waals surface area contributed by atoms with Crippen LogP contribution < -0.4 is 10.6 Å². The molecule has 0 saturated carbocycles. The van der Waals surface area contributed by atoms with Gasteiger partial charge in [0.15, 0.2) is 10.9 Å². The Morgan fingerprint density at radius 1 is 1.06 bits per heavy atom. The highest BCUT2D eigenvalue weighted by molar-refractivity contribution is 7.80. The van der Waals surface area contributed by atoms with Crippen molar-refractivity contribution in [2.75, 3.05) is 10.6 Å². The summed E-state index contributed by atoms with van der Waals surface area (Å²) in [6.45, 7) is 3.19. The molecule has 4 rings (SSSR count). The second kappa shape index (κ2) is 9.28. The first-order valence-corrected chi connectivity index (χ1v) is 10.4. The molecule has 0 aliphatic rings. The first-order valence-electron chi connectivity index (χ1n) is 9.58. The van der Waals surface area contributed by atoms with Gasteiger partial charge in [0.2, 0.25) is 0 Å². The molecule has 0 spiro atoms. The maximum absolute atomic E-state index is 13.2. The van der Waals surface area contributed by atoms with E-state index in [1.807, 2.05) is 23.0 Å². The van der Waals surface area contributed by atoms with E-state index in [0.29, 0.717) is 29.0 Å². The summed E-state index contributed by atoms with van der Waals surface area (Å²) in [6, 6.07) is 14.3. The summed E-state index contributed by atoms with van der Waals surface area (Å²) in [6.07, 6.45) is 5.42. The zero-order valence-electron chi connectivity index (χ0n) is 16.7. The molecule has 4 aromatic rings. The Kier molecular flexibility index (Phi) is 6.29. The first kappa shape index (κ1) is 21.0. The van der Waals surface area contributed by atoms with Crippen LogP contribution in [0.15, 0.2) is 67.1 Å². The number of nitrogens with one attached hydrogen (secondary N) is 2. The normalized spacial score (nSPS) is 10.8. The maximum atomic E-state index is 13.2. The van der Waals surface area contributed by atoms with Crippen molar-refractivity contribution in [3.8, 4) is 0 Å². The highest BCUT2D eigenvalue weighted by Gasteiger charge is 2.07. The fourth-order valence-electron chi connectivity index (χ4n) is 3.10. The minimum Gasteiger partial charge on any atom is -0.330 e. The minimum absolute atomic E-state index is 0.366. The summed E-state index contributed by atoms with van der Waals surface area (Å²) in [4.78, 5) is 0. The lowest BCUT2D eigenvalue weighted by atomic mass is 10.1. The van der Waals surface area contributed by atoms with Gasteiger partial charge in [-0.1, -0.05) is 41.9 Å². The van der Waals surface area contributed by atoms with Crippen LogP contribution in [0.4, 0.5) is 15.9 Å². The van der Waals surface area contributed by atoms with Crippen LogP contribution in [-0.4, -0.2) is 24.7 Å². The van der Waals surface area contributed by atoms with Crippen LogP contribution >= 0.6 is 23.8 Å². The van der Waals surface area contributed by atoms with E-state index in [0.717, 1.165) is 11.3 Å². The van der Waals surface area contributed by atoms with E-state index in [9.17, 15) is 4.39 Å². The number of aryl methyl sites for hydroxylation is 1. The summed E-state index contributed by atoms with van der Waals surface area (Å²) < 4.78 is 16.8. The van der Waals surface area contributed by atoms with Gasteiger partial charge in [0, 0.05) is 23.5 Å². The van der Waals surface area contributed by atoms with Crippen molar-refractivity contribution < 1.29 is 4.39 Å². The van der Waals surface area contributed by atoms with Gasteiger partial charge in [0.1, 0.15) is 5.82 Å². The SMILES string of the molecule is Cc1ccccc1Cn1cc(NC(=S)Nc2ccn(Cc3ccc(F)cc3Cl)n2)cn1. The van der Waals surface area contributed by atoms with Crippen LogP contribution in [-0.2, 0) is 13.1 Å². The molecule has 0 amide bonds. The average Bonchev–Trinajstić information content (AvgIpc) is 3.35. The first-order chi connectivity index (χ1) is 15.0. The summed E-state index contributed by atoms with van der Waals surface area (Å²) in [5, 5.41) is 15.7. The van der Waals surface area contributed by atoms with Crippen LogP contribution in [0.3, 0.4) is 0 Å². The van der Waals surface area contributed by atoms with Gasteiger partial charge in [0.05, 0.1) is 25.0 Å². The topological polar surface area (TPSA) is 59.7 Å². The number of hydrogen-bond donors (Lipinski definition) is 2. The molecule has 0 atom stereocenters. The predicted octanol–water partition coefficient (Wildman–Crippen LogP) is 5.09. The van der Waals surface area contributed by atoms with Gasteiger partial charge in [-0.05, 0) is 48.0 Å². The van der Waals surface area contributed by atoms with Crippen LogP contribution in [0, 0.1) is 12.7 Å². The number of rotatable bonds is 6. The van der Waals surface area contributed by atoms with E-state index in [4.69, 9.17) is 23.8 Å². The van der Waals surface area contributed by atoms with Gasteiger partial charge >= 0.3 is 0 Å². The second-order valence-electron chi connectivity index (χ2n) is 7.07. The zero-order chi connectivity index (χ0) is 21.8. The Morgan fingerprint density at radius 3 is 2.68 bits per heavy atom. The van der Waals surface area contributed by atoms with E-state index >= 15 is 0 Å². The fraction of sp³-hybridized carbons (Fsp3) is 0.136. The molecular weight excluding hydrogens is 435 g/mol. The molecule has 0 saturated heterocycles. The van der Waals surface area contributed by atoms with E-state index in [1.54, 1.807) is 29.2 Å². The molecule has 0 aliphatic carbocycles. The molecule has 2 aromatic heterocycles. The number of nitrogens with zero attached hydrogens (tertiary/aromatic N) is 4. The van der Waals surface area contributed by atoms with Gasteiger partial charge in [-0.3, -0.25) is 9.36 Å². The van der Waals surface area contributed by atoms with Crippen molar-refractivity contribution in [2.45, 2.75) is 20.0 Å². The van der Waals surface area contributed by atoms with E-state index in [-0.39, 0.29) is 5.82 Å². The quantitative estimate of drug-likeness (QED) is 0.397. The number of hydrogen-bond acceptors (Lipinski definition) is 3. The van der Waals surface area contributed by atoms with Crippen molar-refractivity contribution in [3.63, 3.8) is 0 Å². The van der Waals surface area contributed by atoms with Crippen molar-refractivity contribution >= 4 is 40.4 Å². The highest BCUT2D eigenvalue weighted by Crippen LogP contribution is 2.19. The molecule has 0 aliphatic heterocycles. The number of anilines is 2. The monoisotopic (exact) mass is 454 g/mol. The Labute approximate surface area is 189 Å². The molecule has 9 heteroatoms. The summed E-state index contributed by atoms with van der Waals surface area (Å²) >= 11 is 11.5. The Bertz CT molecular complexity index is 1220. The van der Waals surface area contributed by atoms with E-state index < -0.39 is 0 Å². The van der Waals surface area contributed by atoms with Crippen molar-refractivity contribution in [1.29, 1.82) is 0 Å². The van der Waals surface area contributed by atoms with Gasteiger partial charge < -0.3 is 10.6 Å². The lowest BCUT2D eigenvalue weighted by molar-refractivity contribution is 0.624. The molecule has 2 N–H and O–H groups in total. The van der Waals surface area contributed by atoms with Crippen molar-refractivity contribution in [3.05, 3.63) is 94.7 Å². The van der Waals surface area contributed by atoms with Crippen LogP contribution in [0.25, 0.3) is 0 Å². The molecule has 2 aromatic carbocycles.